The van der Waals surface area contributed by atoms with Gasteiger partial charge < -0.3 is 9.47 Å². The third-order valence-corrected chi connectivity index (χ3v) is 2.85. The number of cyclic esters (lactones) is 1. The molecule has 86 valence electrons. The van der Waals surface area contributed by atoms with Gasteiger partial charge in [-0.15, -0.1) is 11.6 Å². The van der Waals surface area contributed by atoms with Gasteiger partial charge in [0.2, 0.25) is 0 Å². The van der Waals surface area contributed by atoms with Gasteiger partial charge in [-0.2, -0.15) is 0 Å². The Morgan fingerprint density at radius 1 is 1.50 bits per heavy atom. The molecule has 16 heavy (non-hydrogen) atoms. The van der Waals surface area contributed by atoms with E-state index < -0.39 is 6.10 Å². The summed E-state index contributed by atoms with van der Waals surface area (Å²) < 4.78 is 10.4. The highest BCUT2D eigenvalue weighted by atomic mass is 35.5. The zero-order valence-electron chi connectivity index (χ0n) is 8.41. The molecule has 1 saturated heterocycles. The summed E-state index contributed by atoms with van der Waals surface area (Å²) in [4.78, 5) is 11.2. The first-order chi connectivity index (χ1) is 7.70. The third kappa shape index (κ3) is 2.42. The molecule has 1 fully saturated rings. The van der Waals surface area contributed by atoms with E-state index in [1.54, 1.807) is 18.2 Å². The Kier molecular flexibility index (Phi) is 3.56. The second kappa shape index (κ2) is 4.93. The summed E-state index contributed by atoms with van der Waals surface area (Å²) in [7, 11) is 0. The van der Waals surface area contributed by atoms with Crippen LogP contribution >= 0.6 is 23.2 Å². The summed E-state index contributed by atoms with van der Waals surface area (Å²) in [6.07, 6.45) is 0.0477. The highest BCUT2D eigenvalue weighted by Crippen LogP contribution is 2.26. The average molecular weight is 261 g/mol. The first-order valence-electron chi connectivity index (χ1n) is 4.88. The molecule has 1 heterocycles. The Morgan fingerprint density at radius 2 is 2.31 bits per heavy atom. The van der Waals surface area contributed by atoms with Gasteiger partial charge in [-0.3, -0.25) is 0 Å². The van der Waals surface area contributed by atoms with Crippen molar-refractivity contribution in [2.24, 2.45) is 0 Å². The fraction of sp³-hybridized carbons (Fsp3) is 0.364. The molecular formula is C11H10Cl2O3. The van der Waals surface area contributed by atoms with Crippen LogP contribution in [0.3, 0.4) is 0 Å². The van der Waals surface area contributed by atoms with Crippen molar-refractivity contribution in [1.82, 2.24) is 0 Å². The minimum atomic E-state index is -0.525. The summed E-state index contributed by atoms with van der Waals surface area (Å²) in [6, 6.07) is 5.14. The van der Waals surface area contributed by atoms with Gasteiger partial charge in [-0.05, 0) is 18.2 Å². The average Bonchev–Trinajstić information content (AvgIpc) is 2.67. The first-order valence-corrected chi connectivity index (χ1v) is 5.79. The van der Waals surface area contributed by atoms with Gasteiger partial charge in [0.1, 0.15) is 5.75 Å². The van der Waals surface area contributed by atoms with Crippen molar-refractivity contribution in [3.63, 3.8) is 0 Å². The number of carbonyl (C=O) groups excluding carboxylic acids is 1. The van der Waals surface area contributed by atoms with Crippen LogP contribution in [0.2, 0.25) is 5.02 Å². The first kappa shape index (κ1) is 11.6. The van der Waals surface area contributed by atoms with Crippen molar-refractivity contribution in [2.75, 3.05) is 6.61 Å². The Morgan fingerprint density at radius 3 is 2.94 bits per heavy atom. The van der Waals surface area contributed by atoms with Gasteiger partial charge in [0, 0.05) is 17.0 Å². The fourth-order valence-corrected chi connectivity index (χ4v) is 1.91. The third-order valence-electron chi connectivity index (χ3n) is 2.32. The quantitative estimate of drug-likeness (QED) is 0.620. The van der Waals surface area contributed by atoms with E-state index >= 15 is 0 Å². The van der Waals surface area contributed by atoms with Crippen molar-refractivity contribution in [1.29, 1.82) is 0 Å². The van der Waals surface area contributed by atoms with Crippen LogP contribution in [-0.4, -0.2) is 18.7 Å². The van der Waals surface area contributed by atoms with E-state index in [-0.39, 0.29) is 11.8 Å². The molecule has 1 atom stereocenters. The number of carbonyl (C=O) groups is 1. The van der Waals surface area contributed by atoms with E-state index in [4.69, 9.17) is 32.7 Å². The second-order valence-corrected chi connectivity index (χ2v) is 4.15. The minimum absolute atomic E-state index is 0.289. The monoisotopic (exact) mass is 260 g/mol. The summed E-state index contributed by atoms with van der Waals surface area (Å²) in [6.45, 7) is 0.410. The van der Waals surface area contributed by atoms with Crippen molar-refractivity contribution < 1.29 is 14.3 Å². The van der Waals surface area contributed by atoms with Gasteiger partial charge in [-0.25, -0.2) is 4.79 Å². The Bertz CT molecular complexity index is 406. The van der Waals surface area contributed by atoms with Gasteiger partial charge in [-0.1, -0.05) is 11.6 Å². The smallest absolute Gasteiger partial charge is 0.347 e. The highest BCUT2D eigenvalue weighted by Gasteiger charge is 2.28. The van der Waals surface area contributed by atoms with Gasteiger partial charge in [0.05, 0.1) is 12.5 Å². The van der Waals surface area contributed by atoms with Crippen LogP contribution in [0.4, 0.5) is 0 Å². The van der Waals surface area contributed by atoms with Crippen molar-refractivity contribution >= 4 is 29.2 Å². The molecule has 1 aromatic carbocycles. The number of benzene rings is 1. The lowest BCUT2D eigenvalue weighted by molar-refractivity contribution is -0.143. The number of ether oxygens (including phenoxy) is 2. The molecule has 1 aromatic rings. The number of halogens is 2. The van der Waals surface area contributed by atoms with E-state index in [9.17, 15) is 4.79 Å². The SMILES string of the molecule is O=C1OCCC1Oc1ccc(Cl)cc1CCl. The molecule has 0 bridgehead atoms. The van der Waals surface area contributed by atoms with Crippen LogP contribution in [0, 0.1) is 0 Å². The topological polar surface area (TPSA) is 35.5 Å². The minimum Gasteiger partial charge on any atom is -0.478 e. The largest absolute Gasteiger partial charge is 0.478 e. The van der Waals surface area contributed by atoms with Crippen LogP contribution in [0.1, 0.15) is 12.0 Å². The normalized spacial score (nSPS) is 19.6. The van der Waals surface area contributed by atoms with Crippen LogP contribution < -0.4 is 4.74 Å². The maximum atomic E-state index is 11.2. The molecular weight excluding hydrogens is 251 g/mol. The van der Waals surface area contributed by atoms with E-state index in [0.717, 1.165) is 5.56 Å². The molecule has 1 aliphatic rings. The van der Waals surface area contributed by atoms with Crippen LogP contribution in [0.15, 0.2) is 18.2 Å². The van der Waals surface area contributed by atoms with Crippen molar-refractivity contribution in [2.45, 2.75) is 18.4 Å². The van der Waals surface area contributed by atoms with E-state index in [1.807, 2.05) is 0 Å². The standard InChI is InChI=1S/C11H10Cl2O3/c12-6-7-5-8(13)1-2-9(7)16-10-3-4-15-11(10)14/h1-2,5,10H,3-4,6H2. The lowest BCUT2D eigenvalue weighted by atomic mass is 10.2. The van der Waals surface area contributed by atoms with Crippen LogP contribution in [0.5, 0.6) is 5.75 Å². The molecule has 0 aliphatic carbocycles. The number of alkyl halides is 1. The van der Waals surface area contributed by atoms with Crippen LogP contribution in [0.25, 0.3) is 0 Å². The Labute approximate surface area is 103 Å². The Hall–Kier alpha value is -0.930. The predicted molar refractivity (Wildman–Crippen MR) is 61.0 cm³/mol. The number of rotatable bonds is 3. The second-order valence-electron chi connectivity index (χ2n) is 3.45. The maximum Gasteiger partial charge on any atom is 0.347 e. The molecule has 0 radical (unpaired) electrons. The van der Waals surface area contributed by atoms with Gasteiger partial charge in [0.25, 0.3) is 0 Å². The summed E-state index contributed by atoms with van der Waals surface area (Å²) in [5.74, 6) is 0.552. The van der Waals surface area contributed by atoms with E-state index in [0.29, 0.717) is 23.8 Å². The molecule has 0 amide bonds. The Balaban J connectivity index is 2.17. The van der Waals surface area contributed by atoms with E-state index in [1.165, 1.54) is 0 Å². The maximum absolute atomic E-state index is 11.2. The number of esters is 1. The zero-order chi connectivity index (χ0) is 11.5. The fourth-order valence-electron chi connectivity index (χ4n) is 1.51. The predicted octanol–water partition coefficient (Wildman–Crippen LogP) is 2.77. The summed E-state index contributed by atoms with van der Waals surface area (Å²) in [5, 5.41) is 0.594. The molecule has 5 heteroatoms. The molecule has 2 rings (SSSR count). The molecule has 1 aliphatic heterocycles. The summed E-state index contributed by atoms with van der Waals surface area (Å²) >= 11 is 11.6. The summed E-state index contributed by atoms with van der Waals surface area (Å²) in [5.41, 5.74) is 0.772. The molecule has 0 spiro atoms. The van der Waals surface area contributed by atoms with Crippen molar-refractivity contribution in [3.05, 3.63) is 28.8 Å². The zero-order valence-corrected chi connectivity index (χ0v) is 9.92. The lowest BCUT2D eigenvalue weighted by Crippen LogP contribution is -2.22. The number of hydrogen-bond donors (Lipinski definition) is 0. The number of hydrogen-bond acceptors (Lipinski definition) is 3. The molecule has 0 N–H and O–H groups in total. The lowest BCUT2D eigenvalue weighted by Gasteiger charge is -2.13. The highest BCUT2D eigenvalue weighted by molar-refractivity contribution is 6.30. The molecule has 1 unspecified atom stereocenters. The molecule has 0 aromatic heterocycles. The van der Waals surface area contributed by atoms with E-state index in [2.05, 4.69) is 0 Å². The van der Waals surface area contributed by atoms with Gasteiger partial charge >= 0.3 is 5.97 Å². The van der Waals surface area contributed by atoms with Gasteiger partial charge in [0.15, 0.2) is 6.10 Å². The van der Waals surface area contributed by atoms with Crippen molar-refractivity contribution in [3.8, 4) is 5.75 Å². The molecule has 3 nitrogen and oxygen atoms in total. The van der Waals surface area contributed by atoms with Crippen LogP contribution in [-0.2, 0) is 15.4 Å². The molecule has 0 saturated carbocycles.